The van der Waals surface area contributed by atoms with Crippen LogP contribution < -0.4 is 10.5 Å². The van der Waals surface area contributed by atoms with Crippen LogP contribution in [0.5, 0.6) is 11.5 Å². The highest BCUT2D eigenvalue weighted by atomic mass is 32.2. The maximum Gasteiger partial charge on any atom is 0.133 e. The molecular formula is C16H19NO2S. The third-order valence-electron chi connectivity index (χ3n) is 2.95. The molecule has 0 fully saturated rings. The molecule has 0 aliphatic carbocycles. The first-order valence-corrected chi connectivity index (χ1v) is 7.62. The first kappa shape index (κ1) is 14.9. The Kier molecular flexibility index (Phi) is 5.47. The molecule has 0 aliphatic heterocycles. The van der Waals surface area contributed by atoms with E-state index in [0.717, 1.165) is 27.5 Å². The van der Waals surface area contributed by atoms with Crippen LogP contribution >= 0.6 is 11.8 Å². The van der Waals surface area contributed by atoms with E-state index in [1.807, 2.05) is 42.7 Å². The number of methoxy groups -OCH3 is 1. The van der Waals surface area contributed by atoms with Crippen LogP contribution in [0.15, 0.2) is 47.4 Å². The van der Waals surface area contributed by atoms with Gasteiger partial charge in [0.25, 0.3) is 0 Å². The maximum absolute atomic E-state index is 5.98. The number of rotatable bonds is 6. The van der Waals surface area contributed by atoms with Gasteiger partial charge in [0.2, 0.25) is 0 Å². The van der Waals surface area contributed by atoms with E-state index in [9.17, 15) is 0 Å². The van der Waals surface area contributed by atoms with Crippen molar-refractivity contribution in [3.05, 3.63) is 53.6 Å². The predicted molar refractivity (Wildman–Crippen MR) is 83.3 cm³/mol. The molecular weight excluding hydrogens is 270 g/mol. The van der Waals surface area contributed by atoms with Crippen LogP contribution in [0.4, 0.5) is 0 Å². The maximum atomic E-state index is 5.98. The number of hydrogen-bond donors (Lipinski definition) is 1. The van der Waals surface area contributed by atoms with Gasteiger partial charge in [0.15, 0.2) is 0 Å². The zero-order valence-electron chi connectivity index (χ0n) is 11.8. The largest absolute Gasteiger partial charge is 0.457 e. The van der Waals surface area contributed by atoms with Crippen LogP contribution in [0, 0.1) is 0 Å². The van der Waals surface area contributed by atoms with E-state index in [2.05, 4.69) is 6.07 Å². The van der Waals surface area contributed by atoms with Gasteiger partial charge in [0.05, 0.1) is 6.61 Å². The van der Waals surface area contributed by atoms with Crippen LogP contribution in [-0.4, -0.2) is 13.4 Å². The van der Waals surface area contributed by atoms with Crippen molar-refractivity contribution in [2.24, 2.45) is 5.73 Å². The van der Waals surface area contributed by atoms with Crippen molar-refractivity contribution in [2.45, 2.75) is 18.0 Å². The van der Waals surface area contributed by atoms with E-state index < -0.39 is 0 Å². The quantitative estimate of drug-likeness (QED) is 0.821. The lowest BCUT2D eigenvalue weighted by molar-refractivity contribution is 0.184. The molecule has 2 rings (SSSR count). The summed E-state index contributed by atoms with van der Waals surface area (Å²) in [6, 6.07) is 13.9. The summed E-state index contributed by atoms with van der Waals surface area (Å²) < 4.78 is 11.1. The average Bonchev–Trinajstić information content (AvgIpc) is 2.47. The molecule has 0 saturated heterocycles. The van der Waals surface area contributed by atoms with E-state index in [1.54, 1.807) is 18.9 Å². The van der Waals surface area contributed by atoms with E-state index in [-0.39, 0.29) is 0 Å². The second-order valence-corrected chi connectivity index (χ2v) is 5.17. The van der Waals surface area contributed by atoms with Gasteiger partial charge in [-0.1, -0.05) is 18.2 Å². The molecule has 20 heavy (non-hydrogen) atoms. The lowest BCUT2D eigenvalue weighted by atomic mass is 10.2. The Morgan fingerprint density at radius 3 is 2.65 bits per heavy atom. The first-order valence-electron chi connectivity index (χ1n) is 6.40. The third kappa shape index (κ3) is 3.54. The molecule has 0 atom stereocenters. The summed E-state index contributed by atoms with van der Waals surface area (Å²) in [4.78, 5) is 1.15. The Bertz CT molecular complexity index is 572. The summed E-state index contributed by atoms with van der Waals surface area (Å²) in [5, 5.41) is 0. The van der Waals surface area contributed by atoms with Gasteiger partial charge in [0.1, 0.15) is 11.5 Å². The minimum absolute atomic E-state index is 0.462. The molecule has 106 valence electrons. The minimum Gasteiger partial charge on any atom is -0.457 e. The fourth-order valence-corrected chi connectivity index (χ4v) is 2.67. The van der Waals surface area contributed by atoms with Gasteiger partial charge < -0.3 is 15.2 Å². The Morgan fingerprint density at radius 1 is 1.15 bits per heavy atom. The lowest BCUT2D eigenvalue weighted by Crippen LogP contribution is -2.01. The van der Waals surface area contributed by atoms with E-state index in [0.29, 0.717) is 13.2 Å². The molecule has 2 aromatic rings. The Labute approximate surface area is 124 Å². The fourth-order valence-electron chi connectivity index (χ4n) is 2.03. The van der Waals surface area contributed by atoms with Gasteiger partial charge in [-0.15, -0.1) is 11.8 Å². The van der Waals surface area contributed by atoms with Gasteiger partial charge in [-0.05, 0) is 36.1 Å². The van der Waals surface area contributed by atoms with Crippen molar-refractivity contribution in [1.82, 2.24) is 0 Å². The molecule has 0 amide bonds. The summed E-state index contributed by atoms with van der Waals surface area (Å²) in [7, 11) is 1.68. The molecule has 2 N–H and O–H groups in total. The van der Waals surface area contributed by atoms with Gasteiger partial charge in [-0.2, -0.15) is 0 Å². The molecule has 0 aromatic heterocycles. The number of ether oxygens (including phenoxy) is 2. The van der Waals surface area contributed by atoms with Crippen LogP contribution in [0.3, 0.4) is 0 Å². The molecule has 0 saturated carbocycles. The molecule has 0 heterocycles. The van der Waals surface area contributed by atoms with Crippen molar-refractivity contribution >= 4 is 11.8 Å². The highest BCUT2D eigenvalue weighted by Crippen LogP contribution is 2.32. The second-order valence-electron chi connectivity index (χ2n) is 4.32. The molecule has 2 aromatic carbocycles. The van der Waals surface area contributed by atoms with Crippen molar-refractivity contribution in [3.63, 3.8) is 0 Å². The van der Waals surface area contributed by atoms with Gasteiger partial charge in [-0.3, -0.25) is 0 Å². The van der Waals surface area contributed by atoms with E-state index in [1.165, 1.54) is 0 Å². The molecule has 0 bridgehead atoms. The summed E-state index contributed by atoms with van der Waals surface area (Å²) in [6.45, 7) is 1.04. The van der Waals surface area contributed by atoms with Crippen molar-refractivity contribution in [2.75, 3.05) is 13.4 Å². The number of nitrogens with two attached hydrogens (primary N) is 1. The molecule has 0 aliphatic rings. The third-order valence-corrected chi connectivity index (χ3v) is 3.77. The van der Waals surface area contributed by atoms with Gasteiger partial charge in [-0.25, -0.2) is 0 Å². The van der Waals surface area contributed by atoms with E-state index in [4.69, 9.17) is 15.2 Å². The normalized spacial score (nSPS) is 10.6. The van der Waals surface area contributed by atoms with Crippen LogP contribution in [0.25, 0.3) is 0 Å². The summed E-state index contributed by atoms with van der Waals surface area (Å²) in [5.74, 6) is 1.61. The summed E-state index contributed by atoms with van der Waals surface area (Å²) >= 11 is 1.68. The topological polar surface area (TPSA) is 44.5 Å². The standard InChI is InChI=1S/C16H19NO2S/c1-18-11-12-5-3-6-13(9-12)19-15-7-4-8-16(20-2)14(15)10-17/h3-9H,10-11,17H2,1-2H3. The number of hydrogen-bond acceptors (Lipinski definition) is 4. The Balaban J connectivity index is 2.27. The zero-order chi connectivity index (χ0) is 14.4. The highest BCUT2D eigenvalue weighted by molar-refractivity contribution is 7.98. The predicted octanol–water partition coefficient (Wildman–Crippen LogP) is 3.81. The molecule has 0 unspecified atom stereocenters. The highest BCUT2D eigenvalue weighted by Gasteiger charge is 2.08. The SMILES string of the molecule is COCc1cccc(Oc2cccc(SC)c2CN)c1. The first-order chi connectivity index (χ1) is 9.78. The van der Waals surface area contributed by atoms with Crippen molar-refractivity contribution < 1.29 is 9.47 Å². The molecule has 0 radical (unpaired) electrons. The van der Waals surface area contributed by atoms with Gasteiger partial charge in [0, 0.05) is 24.1 Å². The van der Waals surface area contributed by atoms with E-state index >= 15 is 0 Å². The van der Waals surface area contributed by atoms with Crippen LogP contribution in [-0.2, 0) is 17.9 Å². The van der Waals surface area contributed by atoms with Crippen molar-refractivity contribution in [3.8, 4) is 11.5 Å². The minimum atomic E-state index is 0.462. The number of benzene rings is 2. The van der Waals surface area contributed by atoms with Crippen LogP contribution in [0.2, 0.25) is 0 Å². The zero-order valence-corrected chi connectivity index (χ0v) is 12.6. The average molecular weight is 289 g/mol. The second kappa shape index (κ2) is 7.33. The number of thioether (sulfide) groups is 1. The summed E-state index contributed by atoms with van der Waals surface area (Å²) in [6.07, 6.45) is 2.04. The monoisotopic (exact) mass is 289 g/mol. The fraction of sp³-hybridized carbons (Fsp3) is 0.250. The van der Waals surface area contributed by atoms with Gasteiger partial charge >= 0.3 is 0 Å². The molecule has 4 heteroatoms. The lowest BCUT2D eigenvalue weighted by Gasteiger charge is -2.13. The summed E-state index contributed by atoms with van der Waals surface area (Å²) in [5.41, 5.74) is 7.97. The Morgan fingerprint density at radius 2 is 1.95 bits per heavy atom. The molecule has 3 nitrogen and oxygen atoms in total. The smallest absolute Gasteiger partial charge is 0.133 e. The Hall–Kier alpha value is -1.49. The molecule has 0 spiro atoms. The van der Waals surface area contributed by atoms with Crippen LogP contribution in [0.1, 0.15) is 11.1 Å². The van der Waals surface area contributed by atoms with Crippen molar-refractivity contribution in [1.29, 1.82) is 0 Å².